The number of nitrogens with two attached hydrogens (primary N) is 1. The molecule has 0 spiro atoms. The third-order valence-electron chi connectivity index (χ3n) is 4.55. The van der Waals surface area contributed by atoms with Gasteiger partial charge in [0, 0.05) is 6.54 Å². The first-order valence-electron chi connectivity index (χ1n) is 10.5. The van der Waals surface area contributed by atoms with Crippen molar-refractivity contribution in [3.63, 3.8) is 0 Å². The summed E-state index contributed by atoms with van der Waals surface area (Å²) in [7, 11) is -3.54. The third kappa shape index (κ3) is 7.06. The van der Waals surface area contributed by atoms with Gasteiger partial charge in [-0.2, -0.15) is 0 Å². The second kappa shape index (κ2) is 11.3. The quantitative estimate of drug-likeness (QED) is 0.227. The lowest BCUT2D eigenvalue weighted by atomic mass is 10.2. The molecule has 2 aromatic heterocycles. The van der Waals surface area contributed by atoms with E-state index in [0.717, 1.165) is 5.56 Å². The highest BCUT2D eigenvalue weighted by Crippen LogP contribution is 2.44. The molecule has 0 saturated heterocycles. The standard InChI is InChI=1S/C21H29N6O5P/c1-15(2)32-21(28)16(3)26-33(29,31-11-17-7-5-4-6-8-17)14-30-10-9-27-13-25-18-19(22)23-12-24-20(18)27/h4-8,12-13,15-16H,9-11,14H2,1-3H3,(H,26,29)(H2,22,23,24). The number of anilines is 1. The Hall–Kier alpha value is -2.85. The first-order valence-corrected chi connectivity index (χ1v) is 12.3. The first kappa shape index (κ1) is 24.8. The molecule has 0 fully saturated rings. The molecule has 2 unspecified atom stereocenters. The molecule has 0 bridgehead atoms. The highest BCUT2D eigenvalue weighted by atomic mass is 31.2. The summed E-state index contributed by atoms with van der Waals surface area (Å²) in [5.41, 5.74) is 7.74. The molecule has 2 heterocycles. The number of imidazole rings is 1. The number of nitrogens with one attached hydrogen (secondary N) is 1. The molecule has 0 saturated carbocycles. The average molecular weight is 476 g/mol. The van der Waals surface area contributed by atoms with Crippen LogP contribution in [-0.2, 0) is 36.5 Å². The van der Waals surface area contributed by atoms with Crippen LogP contribution in [0.15, 0.2) is 43.0 Å². The Labute approximate surface area is 192 Å². The Morgan fingerprint density at radius 3 is 2.67 bits per heavy atom. The van der Waals surface area contributed by atoms with Crippen molar-refractivity contribution in [1.82, 2.24) is 24.6 Å². The fraction of sp³-hybridized carbons (Fsp3) is 0.429. The lowest BCUT2D eigenvalue weighted by molar-refractivity contribution is -0.149. The molecule has 0 aliphatic carbocycles. The Balaban J connectivity index is 1.61. The molecule has 11 nitrogen and oxygen atoms in total. The van der Waals surface area contributed by atoms with E-state index < -0.39 is 19.5 Å². The molecule has 0 amide bonds. The second-order valence-corrected chi connectivity index (χ2v) is 9.80. The molecule has 0 radical (unpaired) electrons. The van der Waals surface area contributed by atoms with Crippen LogP contribution in [0.4, 0.5) is 5.82 Å². The third-order valence-corrected chi connectivity index (χ3v) is 6.40. The van der Waals surface area contributed by atoms with Crippen molar-refractivity contribution in [1.29, 1.82) is 0 Å². The summed E-state index contributed by atoms with van der Waals surface area (Å²) < 4.78 is 31.8. The maximum Gasteiger partial charge on any atom is 0.323 e. The number of benzene rings is 1. The number of nitrogens with zero attached hydrogens (tertiary/aromatic N) is 4. The van der Waals surface area contributed by atoms with Crippen molar-refractivity contribution in [2.24, 2.45) is 0 Å². The number of hydrogen-bond acceptors (Lipinski definition) is 9. The zero-order chi connectivity index (χ0) is 23.8. The number of rotatable bonds is 12. The molecule has 3 N–H and O–H groups in total. The summed E-state index contributed by atoms with van der Waals surface area (Å²) in [6.07, 6.45) is 2.44. The highest BCUT2D eigenvalue weighted by Gasteiger charge is 2.30. The van der Waals surface area contributed by atoms with Gasteiger partial charge in [-0.3, -0.25) is 9.36 Å². The molecule has 0 aliphatic heterocycles. The van der Waals surface area contributed by atoms with Crippen LogP contribution in [-0.4, -0.2) is 50.6 Å². The van der Waals surface area contributed by atoms with Gasteiger partial charge in [-0.1, -0.05) is 30.3 Å². The Kier molecular flexibility index (Phi) is 8.51. The maximum atomic E-state index is 13.5. The van der Waals surface area contributed by atoms with E-state index >= 15 is 0 Å². The van der Waals surface area contributed by atoms with Crippen LogP contribution in [0.3, 0.4) is 0 Å². The normalized spacial score (nSPS) is 14.3. The van der Waals surface area contributed by atoms with E-state index in [-0.39, 0.29) is 25.7 Å². The van der Waals surface area contributed by atoms with E-state index in [1.54, 1.807) is 31.7 Å². The number of nitrogen functional groups attached to an aromatic ring is 1. The van der Waals surface area contributed by atoms with E-state index in [4.69, 9.17) is 19.7 Å². The molecule has 33 heavy (non-hydrogen) atoms. The summed E-state index contributed by atoms with van der Waals surface area (Å²) in [5.74, 6) is -0.222. The van der Waals surface area contributed by atoms with Crippen LogP contribution in [0.25, 0.3) is 11.2 Å². The van der Waals surface area contributed by atoms with Gasteiger partial charge in [0.2, 0.25) is 0 Å². The Bertz CT molecular complexity index is 1110. The minimum absolute atomic E-state index is 0.1000. The lowest BCUT2D eigenvalue weighted by Crippen LogP contribution is -2.36. The van der Waals surface area contributed by atoms with Crippen LogP contribution in [0.5, 0.6) is 0 Å². The van der Waals surface area contributed by atoms with E-state index in [9.17, 15) is 9.36 Å². The Morgan fingerprint density at radius 2 is 1.94 bits per heavy atom. The van der Waals surface area contributed by atoms with Crippen LogP contribution >= 0.6 is 7.52 Å². The molecular weight excluding hydrogens is 447 g/mol. The topological polar surface area (TPSA) is 143 Å². The molecule has 2 atom stereocenters. The SMILES string of the molecule is CC(C)OC(=O)C(C)NP(=O)(COCCn1cnc2c(N)ncnc21)OCc1ccccc1. The first-order chi connectivity index (χ1) is 15.8. The minimum Gasteiger partial charge on any atom is -0.462 e. The van der Waals surface area contributed by atoms with Crippen molar-refractivity contribution >= 4 is 30.5 Å². The minimum atomic E-state index is -3.54. The fourth-order valence-corrected chi connectivity index (χ4v) is 4.60. The van der Waals surface area contributed by atoms with Gasteiger partial charge in [0.25, 0.3) is 7.52 Å². The number of ether oxygens (including phenoxy) is 2. The van der Waals surface area contributed by atoms with Gasteiger partial charge >= 0.3 is 5.97 Å². The summed E-state index contributed by atoms with van der Waals surface area (Å²) >= 11 is 0. The van der Waals surface area contributed by atoms with Gasteiger partial charge in [0.05, 0.1) is 25.6 Å². The smallest absolute Gasteiger partial charge is 0.323 e. The number of esters is 1. The van der Waals surface area contributed by atoms with Crippen LogP contribution in [0.1, 0.15) is 26.3 Å². The van der Waals surface area contributed by atoms with Gasteiger partial charge in [0.15, 0.2) is 11.5 Å². The molecule has 12 heteroatoms. The second-order valence-electron chi connectivity index (χ2n) is 7.68. The van der Waals surface area contributed by atoms with E-state index in [1.807, 2.05) is 30.3 Å². The zero-order valence-corrected chi connectivity index (χ0v) is 19.8. The monoisotopic (exact) mass is 476 g/mol. The van der Waals surface area contributed by atoms with Gasteiger partial charge in [-0.25, -0.2) is 20.0 Å². The molecule has 3 aromatic rings. The van der Waals surface area contributed by atoms with Crippen LogP contribution < -0.4 is 10.8 Å². The van der Waals surface area contributed by atoms with Crippen molar-refractivity contribution in [3.8, 4) is 0 Å². The summed E-state index contributed by atoms with van der Waals surface area (Å²) in [5, 5.41) is 2.78. The van der Waals surface area contributed by atoms with Gasteiger partial charge < -0.3 is 24.3 Å². The maximum absolute atomic E-state index is 13.5. The molecule has 3 rings (SSSR count). The highest BCUT2D eigenvalue weighted by molar-refractivity contribution is 7.56. The molecule has 1 aromatic carbocycles. The molecule has 178 valence electrons. The van der Waals surface area contributed by atoms with Crippen molar-refractivity contribution in [2.75, 3.05) is 18.7 Å². The lowest BCUT2D eigenvalue weighted by Gasteiger charge is -2.23. The molecule has 0 aliphatic rings. The van der Waals surface area contributed by atoms with E-state index in [2.05, 4.69) is 20.0 Å². The van der Waals surface area contributed by atoms with Gasteiger partial charge in [0.1, 0.15) is 24.2 Å². The summed E-state index contributed by atoms with van der Waals surface area (Å²) in [6.45, 7) is 5.78. The number of fused-ring (bicyclic) bond motifs is 1. The van der Waals surface area contributed by atoms with E-state index in [1.165, 1.54) is 6.33 Å². The van der Waals surface area contributed by atoms with E-state index in [0.29, 0.717) is 23.5 Å². The number of aromatic nitrogens is 4. The average Bonchev–Trinajstić information content (AvgIpc) is 3.20. The largest absolute Gasteiger partial charge is 0.462 e. The zero-order valence-electron chi connectivity index (χ0n) is 18.9. The Morgan fingerprint density at radius 1 is 1.18 bits per heavy atom. The van der Waals surface area contributed by atoms with Gasteiger partial charge in [-0.05, 0) is 26.3 Å². The predicted octanol–water partition coefficient (Wildman–Crippen LogP) is 2.72. The summed E-state index contributed by atoms with van der Waals surface area (Å²) in [6, 6.07) is 8.49. The van der Waals surface area contributed by atoms with Crippen molar-refractivity contribution in [3.05, 3.63) is 48.5 Å². The van der Waals surface area contributed by atoms with Crippen molar-refractivity contribution < 1.29 is 23.4 Å². The number of carbonyl (C=O) groups is 1. The van der Waals surface area contributed by atoms with Crippen LogP contribution in [0.2, 0.25) is 0 Å². The summed E-state index contributed by atoms with van der Waals surface area (Å²) in [4.78, 5) is 24.5. The number of hydrogen-bond donors (Lipinski definition) is 2. The van der Waals surface area contributed by atoms with Gasteiger partial charge in [-0.15, -0.1) is 0 Å². The number of carbonyl (C=O) groups excluding carboxylic acids is 1. The fourth-order valence-electron chi connectivity index (χ4n) is 2.96. The van der Waals surface area contributed by atoms with Crippen LogP contribution in [0, 0.1) is 0 Å². The van der Waals surface area contributed by atoms with Crippen molar-refractivity contribution in [2.45, 2.75) is 46.1 Å². The molecular formula is C21H29N6O5P. The predicted molar refractivity (Wildman–Crippen MR) is 123 cm³/mol.